The average molecular weight is 499 g/mol. The van der Waals surface area contributed by atoms with E-state index in [4.69, 9.17) is 23.2 Å². The Hall–Kier alpha value is -1.30. The van der Waals surface area contributed by atoms with E-state index in [1.807, 2.05) is 0 Å². The Balaban J connectivity index is 1.62. The van der Waals surface area contributed by atoms with Crippen molar-refractivity contribution in [3.8, 4) is 0 Å². The zero-order chi connectivity index (χ0) is 22.1. The average Bonchev–Trinajstić information content (AvgIpc) is 2.62. The zero-order valence-corrected chi connectivity index (χ0v) is 18.6. The SMILES string of the molecule is O=S(=O)(NC1CCC(NS(=O)(=O)c2ccc(F)cc2Cl)CC1)c1ccc(F)cc1Cl. The molecule has 0 radical (unpaired) electrons. The van der Waals surface area contributed by atoms with Crippen molar-refractivity contribution in [3.63, 3.8) is 0 Å². The third-order valence-electron chi connectivity index (χ3n) is 4.74. The predicted octanol–water partition coefficient (Wildman–Crippen LogP) is 3.84. The lowest BCUT2D eigenvalue weighted by atomic mass is 9.92. The lowest BCUT2D eigenvalue weighted by molar-refractivity contribution is 0.356. The molecule has 0 heterocycles. The molecule has 0 saturated heterocycles. The third kappa shape index (κ3) is 5.49. The summed E-state index contributed by atoms with van der Waals surface area (Å²) in [5, 5.41) is -0.444. The quantitative estimate of drug-likeness (QED) is 0.632. The van der Waals surface area contributed by atoms with Gasteiger partial charge in [0, 0.05) is 12.1 Å². The second kappa shape index (κ2) is 9.05. The van der Waals surface area contributed by atoms with Gasteiger partial charge in [-0.1, -0.05) is 23.2 Å². The van der Waals surface area contributed by atoms with Gasteiger partial charge in [-0.05, 0) is 62.1 Å². The molecule has 1 saturated carbocycles. The van der Waals surface area contributed by atoms with E-state index in [2.05, 4.69) is 9.44 Å². The molecule has 1 fully saturated rings. The Morgan fingerprint density at radius 3 is 1.33 bits per heavy atom. The lowest BCUT2D eigenvalue weighted by Gasteiger charge is -2.29. The van der Waals surface area contributed by atoms with E-state index in [9.17, 15) is 25.6 Å². The van der Waals surface area contributed by atoms with Crippen LogP contribution in [0.4, 0.5) is 8.78 Å². The summed E-state index contributed by atoms with van der Waals surface area (Å²) in [5.41, 5.74) is 0. The van der Waals surface area contributed by atoms with Crippen LogP contribution < -0.4 is 9.44 Å². The summed E-state index contributed by atoms with van der Waals surface area (Å²) in [5.74, 6) is -1.29. The maximum absolute atomic E-state index is 13.2. The number of rotatable bonds is 6. The van der Waals surface area contributed by atoms with Gasteiger partial charge in [-0.15, -0.1) is 0 Å². The Bertz CT molecular complexity index is 1060. The number of benzene rings is 2. The van der Waals surface area contributed by atoms with Gasteiger partial charge < -0.3 is 0 Å². The Morgan fingerprint density at radius 2 is 1.03 bits per heavy atom. The first-order chi connectivity index (χ1) is 14.0. The highest BCUT2D eigenvalue weighted by Crippen LogP contribution is 2.27. The zero-order valence-electron chi connectivity index (χ0n) is 15.4. The van der Waals surface area contributed by atoms with Gasteiger partial charge in [-0.25, -0.2) is 35.1 Å². The molecule has 2 N–H and O–H groups in total. The molecule has 0 aliphatic heterocycles. The van der Waals surface area contributed by atoms with Crippen molar-refractivity contribution >= 4 is 43.2 Å². The van der Waals surface area contributed by atoms with E-state index in [-0.39, 0.29) is 19.8 Å². The van der Waals surface area contributed by atoms with Gasteiger partial charge in [0.05, 0.1) is 10.0 Å². The van der Waals surface area contributed by atoms with E-state index in [1.54, 1.807) is 0 Å². The molecule has 2 aromatic rings. The van der Waals surface area contributed by atoms with Crippen molar-refractivity contribution in [2.75, 3.05) is 0 Å². The van der Waals surface area contributed by atoms with Gasteiger partial charge in [0.15, 0.2) is 0 Å². The molecular weight excluding hydrogens is 481 g/mol. The molecule has 0 atom stereocenters. The highest BCUT2D eigenvalue weighted by atomic mass is 35.5. The molecule has 3 rings (SSSR count). The molecule has 12 heteroatoms. The predicted molar refractivity (Wildman–Crippen MR) is 110 cm³/mol. The maximum Gasteiger partial charge on any atom is 0.242 e. The second-order valence-corrected chi connectivity index (χ2v) is 11.1. The molecule has 2 aromatic carbocycles. The lowest BCUT2D eigenvalue weighted by Crippen LogP contribution is -2.43. The van der Waals surface area contributed by atoms with Crippen LogP contribution in [0.3, 0.4) is 0 Å². The first kappa shape index (κ1) is 23.4. The van der Waals surface area contributed by atoms with Crippen molar-refractivity contribution in [1.82, 2.24) is 9.44 Å². The number of hydrogen-bond donors (Lipinski definition) is 2. The second-order valence-electron chi connectivity index (χ2n) is 6.94. The fourth-order valence-corrected chi connectivity index (χ4v) is 6.95. The van der Waals surface area contributed by atoms with Crippen LogP contribution in [0.25, 0.3) is 0 Å². The van der Waals surface area contributed by atoms with Crippen LogP contribution in [0.5, 0.6) is 0 Å². The summed E-state index contributed by atoms with van der Waals surface area (Å²) < 4.78 is 81.4. The van der Waals surface area contributed by atoms with Crippen LogP contribution in [0.1, 0.15) is 25.7 Å². The first-order valence-electron chi connectivity index (χ1n) is 8.93. The molecule has 0 bridgehead atoms. The molecule has 1 aliphatic carbocycles. The highest BCUT2D eigenvalue weighted by molar-refractivity contribution is 7.90. The fourth-order valence-electron chi connectivity index (χ4n) is 3.28. The summed E-state index contributed by atoms with van der Waals surface area (Å²) in [4.78, 5) is -0.446. The molecule has 6 nitrogen and oxygen atoms in total. The molecule has 164 valence electrons. The monoisotopic (exact) mass is 498 g/mol. The standard InChI is InChI=1S/C18H18Cl2F2N2O4S2/c19-15-9-11(21)1-7-17(15)29(25,26)23-13-3-5-14(6-4-13)24-30(27,28)18-8-2-12(22)10-16(18)20/h1-2,7-10,13-14,23-24H,3-6H2. The van der Waals surface area contributed by atoms with Crippen LogP contribution >= 0.6 is 23.2 Å². The van der Waals surface area contributed by atoms with E-state index >= 15 is 0 Å². The topological polar surface area (TPSA) is 92.3 Å². The minimum Gasteiger partial charge on any atom is -0.208 e. The summed E-state index contributed by atoms with van der Waals surface area (Å²) in [6, 6.07) is 5.18. The molecule has 0 spiro atoms. The normalized spacial score (nSPS) is 20.3. The molecule has 1 aliphatic rings. The van der Waals surface area contributed by atoms with Crippen LogP contribution in [0, 0.1) is 11.6 Å². The largest absolute Gasteiger partial charge is 0.242 e. The summed E-state index contributed by atoms with van der Waals surface area (Å²) in [6.07, 6.45) is 1.51. The van der Waals surface area contributed by atoms with Gasteiger partial charge >= 0.3 is 0 Å². The van der Waals surface area contributed by atoms with Gasteiger partial charge in [-0.3, -0.25) is 0 Å². The van der Waals surface area contributed by atoms with Crippen LogP contribution in [-0.4, -0.2) is 28.9 Å². The molecule has 0 unspecified atom stereocenters. The summed E-state index contributed by atoms with van der Waals surface area (Å²) >= 11 is 11.7. The molecule has 30 heavy (non-hydrogen) atoms. The number of halogens is 4. The summed E-state index contributed by atoms with van der Waals surface area (Å²) in [6.45, 7) is 0. The highest BCUT2D eigenvalue weighted by Gasteiger charge is 2.30. The smallest absolute Gasteiger partial charge is 0.208 e. The van der Waals surface area contributed by atoms with Crippen molar-refractivity contribution in [2.24, 2.45) is 0 Å². The maximum atomic E-state index is 13.2. The Morgan fingerprint density at radius 1 is 0.700 bits per heavy atom. The minimum atomic E-state index is -3.95. The third-order valence-corrected chi connectivity index (χ3v) is 8.74. The number of nitrogens with one attached hydrogen (secondary N) is 2. The van der Waals surface area contributed by atoms with E-state index in [0.29, 0.717) is 25.7 Å². The van der Waals surface area contributed by atoms with Gasteiger partial charge in [0.2, 0.25) is 20.0 Å². The van der Waals surface area contributed by atoms with Gasteiger partial charge in [0.1, 0.15) is 21.4 Å². The van der Waals surface area contributed by atoms with Crippen molar-refractivity contribution in [3.05, 3.63) is 58.1 Å². The number of hydrogen-bond acceptors (Lipinski definition) is 4. The molecule has 0 aromatic heterocycles. The van der Waals surface area contributed by atoms with E-state index in [1.165, 1.54) is 0 Å². The fraction of sp³-hybridized carbons (Fsp3) is 0.333. The van der Waals surface area contributed by atoms with E-state index < -0.39 is 43.8 Å². The van der Waals surface area contributed by atoms with Crippen molar-refractivity contribution < 1.29 is 25.6 Å². The van der Waals surface area contributed by atoms with Crippen molar-refractivity contribution in [1.29, 1.82) is 0 Å². The van der Waals surface area contributed by atoms with Gasteiger partial charge in [0.25, 0.3) is 0 Å². The molecular formula is C18H18Cl2F2N2O4S2. The molecule has 0 amide bonds. The van der Waals surface area contributed by atoms with Crippen LogP contribution in [-0.2, 0) is 20.0 Å². The van der Waals surface area contributed by atoms with Gasteiger partial charge in [-0.2, -0.15) is 0 Å². The first-order valence-corrected chi connectivity index (χ1v) is 12.6. The summed E-state index contributed by atoms with van der Waals surface area (Å²) in [7, 11) is -7.91. The Kier molecular flexibility index (Phi) is 7.05. The Labute approximate surface area is 183 Å². The van der Waals surface area contributed by atoms with Crippen molar-refractivity contribution in [2.45, 2.75) is 47.6 Å². The minimum absolute atomic E-state index is 0.222. The van der Waals surface area contributed by atoms with Crippen LogP contribution in [0.2, 0.25) is 10.0 Å². The van der Waals surface area contributed by atoms with E-state index in [0.717, 1.165) is 36.4 Å². The number of sulfonamides is 2. The van der Waals surface area contributed by atoms with Crippen LogP contribution in [0.15, 0.2) is 46.2 Å².